The summed E-state index contributed by atoms with van der Waals surface area (Å²) in [7, 11) is 0. The molecule has 1 aliphatic rings. The highest BCUT2D eigenvalue weighted by atomic mass is 16.2. The maximum Gasteiger partial charge on any atom is 0.243 e. The zero-order chi connectivity index (χ0) is 38.7. The third-order valence-corrected chi connectivity index (χ3v) is 8.93. The quantitative estimate of drug-likeness (QED) is 0.205. The number of H-pyrrole nitrogens is 1. The van der Waals surface area contributed by atoms with Crippen molar-refractivity contribution in [1.29, 1.82) is 0 Å². The van der Waals surface area contributed by atoms with Crippen LogP contribution >= 0.6 is 0 Å². The van der Waals surface area contributed by atoms with Crippen molar-refractivity contribution in [1.82, 2.24) is 42.2 Å². The van der Waals surface area contributed by atoms with Gasteiger partial charge in [0.2, 0.25) is 41.4 Å². The predicted octanol–water partition coefficient (Wildman–Crippen LogP) is 0.785. The molecule has 7 amide bonds. The first-order chi connectivity index (χ1) is 24.5. The van der Waals surface area contributed by atoms with Crippen LogP contribution in [0.1, 0.15) is 73.8 Å². The van der Waals surface area contributed by atoms with Crippen LogP contribution in [0.25, 0.3) is 10.9 Å². The number of benzene rings is 1. The number of fused-ring (bicyclic) bond motifs is 1. The molecule has 1 saturated heterocycles. The van der Waals surface area contributed by atoms with Crippen molar-refractivity contribution in [3.63, 3.8) is 0 Å². The monoisotopic (exact) mass is 724 g/mol. The summed E-state index contributed by atoms with van der Waals surface area (Å²) in [6.07, 6.45) is 1.98. The Morgan fingerprint density at radius 1 is 0.596 bits per heavy atom. The molecule has 15 heteroatoms. The molecule has 0 aliphatic carbocycles. The SMILES string of the molecule is CC(C)C[C@H]1NC(=O)CNC(=O)CCNC(=O)[C@@H](Cc2c[nH]c3ccccc23)NC(=O)[C@@H](C(C)C)NC(=O)[C@H](C(C)C)NC(=O)[C@@H](C(C)C)NC1=O. The number of carbonyl (C=O) groups excluding carboxylic acids is 7. The molecule has 0 unspecified atom stereocenters. The van der Waals surface area contributed by atoms with Gasteiger partial charge < -0.3 is 42.2 Å². The van der Waals surface area contributed by atoms with E-state index in [9.17, 15) is 33.6 Å². The predicted molar refractivity (Wildman–Crippen MR) is 196 cm³/mol. The molecular formula is C37H56N8O7. The molecule has 0 spiro atoms. The Labute approximate surface area is 305 Å². The Balaban J connectivity index is 1.97. The van der Waals surface area contributed by atoms with Crippen molar-refractivity contribution in [2.75, 3.05) is 13.1 Å². The van der Waals surface area contributed by atoms with Gasteiger partial charge in [-0.15, -0.1) is 0 Å². The minimum Gasteiger partial charge on any atom is -0.361 e. The summed E-state index contributed by atoms with van der Waals surface area (Å²) < 4.78 is 0. The molecule has 286 valence electrons. The molecule has 3 rings (SSSR count). The summed E-state index contributed by atoms with van der Waals surface area (Å²) in [5.41, 5.74) is 1.63. The summed E-state index contributed by atoms with van der Waals surface area (Å²) in [6, 6.07) is 2.25. The molecule has 8 N–H and O–H groups in total. The maximum atomic E-state index is 13.9. The van der Waals surface area contributed by atoms with E-state index in [1.165, 1.54) is 0 Å². The molecule has 0 radical (unpaired) electrons. The molecular weight excluding hydrogens is 668 g/mol. The number of para-hydroxylation sites is 1. The van der Waals surface area contributed by atoms with Gasteiger partial charge in [-0.2, -0.15) is 0 Å². The van der Waals surface area contributed by atoms with Crippen LogP contribution in [0.2, 0.25) is 0 Å². The highest BCUT2D eigenvalue weighted by molar-refractivity contribution is 5.97. The highest BCUT2D eigenvalue weighted by Gasteiger charge is 2.36. The van der Waals surface area contributed by atoms with Crippen molar-refractivity contribution in [2.45, 2.75) is 105 Å². The lowest BCUT2D eigenvalue weighted by atomic mass is 9.97. The number of amides is 7. The van der Waals surface area contributed by atoms with Gasteiger partial charge in [0.15, 0.2) is 0 Å². The molecule has 2 aromatic rings. The Morgan fingerprint density at radius 2 is 1.13 bits per heavy atom. The number of rotatable bonds is 7. The maximum absolute atomic E-state index is 13.9. The number of aromatic nitrogens is 1. The summed E-state index contributed by atoms with van der Waals surface area (Å²) in [5.74, 6) is -5.29. The van der Waals surface area contributed by atoms with E-state index >= 15 is 0 Å². The van der Waals surface area contributed by atoms with Crippen LogP contribution in [-0.2, 0) is 40.0 Å². The zero-order valence-corrected chi connectivity index (χ0v) is 31.5. The molecule has 1 aromatic heterocycles. The number of nitrogens with one attached hydrogen (secondary N) is 8. The van der Waals surface area contributed by atoms with E-state index in [4.69, 9.17) is 0 Å². The first-order valence-electron chi connectivity index (χ1n) is 18.1. The molecule has 2 heterocycles. The van der Waals surface area contributed by atoms with E-state index in [1.54, 1.807) is 47.7 Å². The second-order valence-electron chi connectivity index (χ2n) is 14.9. The number of carbonyl (C=O) groups is 7. The van der Waals surface area contributed by atoms with Crippen LogP contribution < -0.4 is 37.2 Å². The first-order valence-corrected chi connectivity index (χ1v) is 18.1. The van der Waals surface area contributed by atoms with Gasteiger partial charge in [-0.1, -0.05) is 73.6 Å². The zero-order valence-electron chi connectivity index (χ0n) is 31.5. The number of hydrogen-bond acceptors (Lipinski definition) is 7. The minimum absolute atomic E-state index is 0.000878. The molecule has 1 aromatic carbocycles. The normalized spacial score (nSPS) is 24.0. The Morgan fingerprint density at radius 3 is 1.69 bits per heavy atom. The van der Waals surface area contributed by atoms with Gasteiger partial charge in [0.1, 0.15) is 30.2 Å². The fourth-order valence-electron chi connectivity index (χ4n) is 5.97. The van der Waals surface area contributed by atoms with E-state index in [0.717, 1.165) is 16.5 Å². The summed E-state index contributed by atoms with van der Waals surface area (Å²) in [5, 5.41) is 19.8. The molecule has 0 bridgehead atoms. The third kappa shape index (κ3) is 11.8. The summed E-state index contributed by atoms with van der Waals surface area (Å²) >= 11 is 0. The fraction of sp³-hybridized carbons (Fsp3) is 0.595. The largest absolute Gasteiger partial charge is 0.361 e. The van der Waals surface area contributed by atoms with Crippen LogP contribution in [0.5, 0.6) is 0 Å². The van der Waals surface area contributed by atoms with Gasteiger partial charge >= 0.3 is 0 Å². The Bertz CT molecular complexity index is 1600. The van der Waals surface area contributed by atoms with E-state index in [1.807, 2.05) is 38.1 Å². The van der Waals surface area contributed by atoms with Crippen molar-refractivity contribution >= 4 is 52.3 Å². The minimum atomic E-state index is -1.08. The van der Waals surface area contributed by atoms with Crippen molar-refractivity contribution < 1.29 is 33.6 Å². The second kappa shape index (κ2) is 19.0. The van der Waals surface area contributed by atoms with Crippen LogP contribution in [-0.4, -0.2) is 89.6 Å². The standard InChI is InChI=1S/C37H56N8O7/c1-19(2)15-26-34(49)43-31(21(5)6)36(51)45-32(22(7)8)37(52)44-30(20(3)4)35(50)42-27(16-23-17-39-25-12-10-9-11-24(23)25)33(48)38-14-13-28(46)40-18-29(47)41-26/h9-12,17,19-22,26-27,30-32,39H,13-16,18H2,1-8H3,(H,38,48)(H,40,46)(H,41,47)(H,42,50)(H,43,49)(H,44,52)(H,45,51)/t26-,27-,30-,31-,32+/m1/s1. The molecule has 1 fully saturated rings. The smallest absolute Gasteiger partial charge is 0.243 e. The van der Waals surface area contributed by atoms with E-state index in [2.05, 4.69) is 42.2 Å². The van der Waals surface area contributed by atoms with Gasteiger partial charge in [0, 0.05) is 36.5 Å². The molecule has 0 saturated carbocycles. The highest BCUT2D eigenvalue weighted by Crippen LogP contribution is 2.20. The summed E-state index contributed by atoms with van der Waals surface area (Å²) in [6.45, 7) is 13.7. The number of hydrogen-bond donors (Lipinski definition) is 8. The van der Waals surface area contributed by atoms with Gasteiger partial charge in [-0.25, -0.2) is 0 Å². The average Bonchev–Trinajstić information content (AvgIpc) is 3.48. The third-order valence-electron chi connectivity index (χ3n) is 8.93. The second-order valence-corrected chi connectivity index (χ2v) is 14.9. The van der Waals surface area contributed by atoms with Crippen LogP contribution in [0, 0.1) is 23.7 Å². The van der Waals surface area contributed by atoms with Crippen molar-refractivity contribution in [3.8, 4) is 0 Å². The van der Waals surface area contributed by atoms with Gasteiger partial charge in [0.25, 0.3) is 0 Å². The lowest BCUT2D eigenvalue weighted by Crippen LogP contribution is -2.62. The lowest BCUT2D eigenvalue weighted by molar-refractivity contribution is -0.137. The van der Waals surface area contributed by atoms with Crippen LogP contribution in [0.3, 0.4) is 0 Å². The van der Waals surface area contributed by atoms with Gasteiger partial charge in [-0.3, -0.25) is 33.6 Å². The van der Waals surface area contributed by atoms with Crippen molar-refractivity contribution in [3.05, 3.63) is 36.0 Å². The average molecular weight is 725 g/mol. The van der Waals surface area contributed by atoms with Gasteiger partial charge in [-0.05, 0) is 41.7 Å². The van der Waals surface area contributed by atoms with Crippen LogP contribution in [0.4, 0.5) is 0 Å². The lowest BCUT2D eigenvalue weighted by Gasteiger charge is -2.30. The molecule has 15 nitrogen and oxygen atoms in total. The van der Waals surface area contributed by atoms with Crippen molar-refractivity contribution in [2.24, 2.45) is 23.7 Å². The van der Waals surface area contributed by atoms with E-state index in [-0.39, 0.29) is 31.7 Å². The Hall–Kier alpha value is -4.95. The molecule has 5 atom stereocenters. The molecule has 1 aliphatic heterocycles. The number of aromatic amines is 1. The van der Waals surface area contributed by atoms with E-state index in [0.29, 0.717) is 0 Å². The van der Waals surface area contributed by atoms with Crippen LogP contribution in [0.15, 0.2) is 30.5 Å². The van der Waals surface area contributed by atoms with Gasteiger partial charge in [0.05, 0.1) is 6.54 Å². The van der Waals surface area contributed by atoms with E-state index < -0.39 is 95.9 Å². The topological polar surface area (TPSA) is 219 Å². The fourth-order valence-corrected chi connectivity index (χ4v) is 5.97. The summed E-state index contributed by atoms with van der Waals surface area (Å²) in [4.78, 5) is 97.0. The Kier molecular flexibility index (Phi) is 15.2. The first kappa shape index (κ1) is 41.5. The molecule has 52 heavy (non-hydrogen) atoms.